The van der Waals surface area contributed by atoms with Crippen LogP contribution in [0.15, 0.2) is 78.2 Å². The summed E-state index contributed by atoms with van der Waals surface area (Å²) in [5.74, 6) is 1.65. The van der Waals surface area contributed by atoms with E-state index in [1.54, 1.807) is 25.6 Å². The van der Waals surface area contributed by atoms with E-state index in [2.05, 4.69) is 17.0 Å². The molecule has 0 radical (unpaired) electrons. The number of nitrogens with zero attached hydrogens (tertiary/aromatic N) is 2. The molecule has 0 saturated heterocycles. The molecule has 4 aromatic rings. The predicted molar refractivity (Wildman–Crippen MR) is 139 cm³/mol. The lowest BCUT2D eigenvalue weighted by molar-refractivity contribution is 0.105. The molecule has 3 aromatic carbocycles. The third kappa shape index (κ3) is 7.05. The fourth-order valence-electron chi connectivity index (χ4n) is 3.77. The van der Waals surface area contributed by atoms with Crippen molar-refractivity contribution in [2.24, 2.45) is 0 Å². The molecule has 0 spiro atoms. The van der Waals surface area contributed by atoms with Gasteiger partial charge in [-0.05, 0) is 46.5 Å². The summed E-state index contributed by atoms with van der Waals surface area (Å²) < 4.78 is 16.6. The molecule has 7 heteroatoms. The smallest absolute Gasteiger partial charge is 0.186 e. The summed E-state index contributed by atoms with van der Waals surface area (Å²) in [6.45, 7) is 2.29. The minimum absolute atomic E-state index is 0.0236. The van der Waals surface area contributed by atoms with Crippen molar-refractivity contribution in [3.05, 3.63) is 106 Å². The summed E-state index contributed by atoms with van der Waals surface area (Å²) in [6.07, 6.45) is 0. The number of aliphatic hydroxyl groups excluding tert-OH is 1. The van der Waals surface area contributed by atoms with E-state index in [0.717, 1.165) is 44.6 Å². The van der Waals surface area contributed by atoms with Gasteiger partial charge in [-0.25, -0.2) is 4.98 Å². The Bertz CT molecular complexity index is 1180. The van der Waals surface area contributed by atoms with Gasteiger partial charge in [-0.2, -0.15) is 0 Å². The van der Waals surface area contributed by atoms with Crippen molar-refractivity contribution in [1.82, 2.24) is 4.98 Å². The van der Waals surface area contributed by atoms with Crippen LogP contribution in [0.25, 0.3) is 0 Å². The second-order valence-electron chi connectivity index (χ2n) is 8.15. The lowest BCUT2D eigenvalue weighted by Gasteiger charge is -2.23. The molecule has 0 saturated carbocycles. The summed E-state index contributed by atoms with van der Waals surface area (Å²) >= 11 is 1.60. The number of benzene rings is 3. The van der Waals surface area contributed by atoms with E-state index in [9.17, 15) is 5.11 Å². The second-order valence-corrected chi connectivity index (χ2v) is 8.99. The molecule has 0 aliphatic rings. The van der Waals surface area contributed by atoms with Crippen LogP contribution in [0.2, 0.25) is 0 Å². The monoisotopic (exact) mass is 490 g/mol. The van der Waals surface area contributed by atoms with Crippen molar-refractivity contribution in [3.8, 4) is 11.5 Å². The first-order chi connectivity index (χ1) is 17.2. The molecule has 6 nitrogen and oxygen atoms in total. The van der Waals surface area contributed by atoms with Crippen molar-refractivity contribution in [2.45, 2.75) is 32.9 Å². The van der Waals surface area contributed by atoms with Crippen LogP contribution in [-0.4, -0.2) is 24.3 Å². The van der Waals surface area contributed by atoms with Crippen LogP contribution in [-0.2, 0) is 37.6 Å². The average molecular weight is 491 g/mol. The number of hydrogen-bond acceptors (Lipinski definition) is 7. The highest BCUT2D eigenvalue weighted by Gasteiger charge is 2.14. The van der Waals surface area contributed by atoms with E-state index in [1.807, 2.05) is 66.0 Å². The molecule has 0 fully saturated rings. The van der Waals surface area contributed by atoms with Gasteiger partial charge in [0.1, 0.15) is 11.5 Å². The Morgan fingerprint density at radius 3 is 2.06 bits per heavy atom. The molecule has 0 unspecified atom stereocenters. The number of rotatable bonds is 12. The topological polar surface area (TPSA) is 64.1 Å². The molecule has 35 heavy (non-hydrogen) atoms. The quantitative estimate of drug-likeness (QED) is 0.280. The highest BCUT2D eigenvalue weighted by atomic mass is 32.1. The number of thiazole rings is 1. The molecule has 4 rings (SSSR count). The van der Waals surface area contributed by atoms with Crippen LogP contribution in [0.3, 0.4) is 0 Å². The van der Waals surface area contributed by atoms with Crippen LogP contribution in [0, 0.1) is 0 Å². The molecule has 182 valence electrons. The second kappa shape index (κ2) is 12.4. The standard InChI is InChI=1S/C28H30N2O4S/c1-32-26-10-4-7-22(13-26)16-30(15-21-6-3-8-23(12-21)17-31)28-29-25(20-35-28)19-34-18-24-9-5-11-27(14-24)33-2/h3-14,20,31H,15-19H2,1-2H3. The number of aliphatic hydroxyl groups is 1. The summed E-state index contributed by atoms with van der Waals surface area (Å²) in [7, 11) is 3.34. The fourth-order valence-corrected chi connectivity index (χ4v) is 4.58. The SMILES string of the molecule is COc1cccc(COCc2csc(N(Cc3cccc(CO)c3)Cc3cccc(OC)c3)n2)c1. The summed E-state index contributed by atoms with van der Waals surface area (Å²) in [6, 6.07) is 24.0. The highest BCUT2D eigenvalue weighted by Crippen LogP contribution is 2.26. The zero-order valence-electron chi connectivity index (χ0n) is 20.0. The zero-order valence-corrected chi connectivity index (χ0v) is 20.8. The molecule has 0 aliphatic heterocycles. The maximum absolute atomic E-state index is 9.54. The van der Waals surface area contributed by atoms with Gasteiger partial charge in [0, 0.05) is 18.5 Å². The predicted octanol–water partition coefficient (Wildman–Crippen LogP) is 5.58. The first-order valence-electron chi connectivity index (χ1n) is 11.4. The third-order valence-electron chi connectivity index (χ3n) is 5.52. The van der Waals surface area contributed by atoms with Crippen molar-refractivity contribution in [2.75, 3.05) is 19.1 Å². The Morgan fingerprint density at radius 2 is 1.37 bits per heavy atom. The molecular weight excluding hydrogens is 460 g/mol. The minimum Gasteiger partial charge on any atom is -0.497 e. The van der Waals surface area contributed by atoms with Gasteiger partial charge in [0.05, 0.1) is 39.7 Å². The Kier molecular flexibility index (Phi) is 8.73. The Balaban J connectivity index is 1.47. The van der Waals surface area contributed by atoms with Crippen LogP contribution in [0.1, 0.15) is 27.9 Å². The minimum atomic E-state index is 0.0236. The number of hydrogen-bond donors (Lipinski definition) is 1. The van der Waals surface area contributed by atoms with E-state index in [0.29, 0.717) is 26.3 Å². The van der Waals surface area contributed by atoms with Gasteiger partial charge in [0.2, 0.25) is 0 Å². The van der Waals surface area contributed by atoms with Gasteiger partial charge in [-0.1, -0.05) is 48.5 Å². The first-order valence-corrected chi connectivity index (χ1v) is 12.3. The van der Waals surface area contributed by atoms with Gasteiger partial charge >= 0.3 is 0 Å². The molecule has 1 N–H and O–H groups in total. The van der Waals surface area contributed by atoms with Gasteiger partial charge in [0.25, 0.3) is 0 Å². The molecule has 0 aliphatic carbocycles. The molecule has 1 aromatic heterocycles. The van der Waals surface area contributed by atoms with Gasteiger partial charge in [0.15, 0.2) is 5.13 Å². The number of anilines is 1. The average Bonchev–Trinajstić information content (AvgIpc) is 3.37. The Hall–Kier alpha value is -3.39. The molecule has 0 amide bonds. The largest absolute Gasteiger partial charge is 0.497 e. The van der Waals surface area contributed by atoms with E-state index in [-0.39, 0.29) is 6.61 Å². The van der Waals surface area contributed by atoms with E-state index in [1.165, 1.54) is 0 Å². The van der Waals surface area contributed by atoms with Crippen molar-refractivity contribution in [3.63, 3.8) is 0 Å². The summed E-state index contributed by atoms with van der Waals surface area (Å²) in [5.41, 5.74) is 5.10. The van der Waals surface area contributed by atoms with Crippen molar-refractivity contribution in [1.29, 1.82) is 0 Å². The summed E-state index contributed by atoms with van der Waals surface area (Å²) in [5, 5.41) is 12.5. The molecule has 1 heterocycles. The molecule has 0 atom stereocenters. The van der Waals surface area contributed by atoms with E-state index >= 15 is 0 Å². The lowest BCUT2D eigenvalue weighted by Crippen LogP contribution is -2.22. The molecular formula is C28H30N2O4S. The van der Waals surface area contributed by atoms with Gasteiger partial charge < -0.3 is 24.2 Å². The first kappa shape index (κ1) is 24.7. The van der Waals surface area contributed by atoms with E-state index < -0.39 is 0 Å². The normalized spacial score (nSPS) is 10.8. The van der Waals surface area contributed by atoms with Crippen molar-refractivity contribution >= 4 is 16.5 Å². The van der Waals surface area contributed by atoms with Crippen molar-refractivity contribution < 1.29 is 19.3 Å². The van der Waals surface area contributed by atoms with E-state index in [4.69, 9.17) is 19.2 Å². The summed E-state index contributed by atoms with van der Waals surface area (Å²) in [4.78, 5) is 7.10. The van der Waals surface area contributed by atoms with Crippen LogP contribution >= 0.6 is 11.3 Å². The fraction of sp³-hybridized carbons (Fsp3) is 0.250. The van der Waals surface area contributed by atoms with Crippen LogP contribution in [0.5, 0.6) is 11.5 Å². The maximum Gasteiger partial charge on any atom is 0.186 e. The maximum atomic E-state index is 9.54. The Morgan fingerprint density at radius 1 is 0.771 bits per heavy atom. The van der Waals surface area contributed by atoms with Gasteiger partial charge in [-0.15, -0.1) is 11.3 Å². The highest BCUT2D eigenvalue weighted by molar-refractivity contribution is 7.13. The molecule has 0 bridgehead atoms. The van der Waals surface area contributed by atoms with Crippen LogP contribution in [0.4, 0.5) is 5.13 Å². The number of methoxy groups -OCH3 is 2. The lowest BCUT2D eigenvalue weighted by atomic mass is 10.1. The Labute approximate surface area is 210 Å². The number of aromatic nitrogens is 1. The number of ether oxygens (including phenoxy) is 3. The van der Waals surface area contributed by atoms with Gasteiger partial charge in [-0.3, -0.25) is 0 Å². The third-order valence-corrected chi connectivity index (χ3v) is 6.47. The zero-order chi connectivity index (χ0) is 24.5. The van der Waals surface area contributed by atoms with Crippen LogP contribution < -0.4 is 14.4 Å².